The topological polar surface area (TPSA) is 83.5 Å². The Labute approximate surface area is 130 Å². The molecule has 120 valence electrons. The summed E-state index contributed by atoms with van der Waals surface area (Å²) in [6.07, 6.45) is 2.06. The number of aryl methyl sites for hydroxylation is 1. The molecule has 0 amide bonds. The maximum atomic E-state index is 12.1. The molecule has 0 atom stereocenters. The third-order valence-electron chi connectivity index (χ3n) is 3.36. The van der Waals surface area contributed by atoms with E-state index in [1.165, 1.54) is 11.3 Å². The predicted octanol–water partition coefficient (Wildman–Crippen LogP) is 2.87. The maximum Gasteiger partial charge on any atom is 0.303 e. The molecule has 1 rings (SSSR count). The monoisotopic (exact) mass is 333 g/mol. The zero-order valence-corrected chi connectivity index (χ0v) is 14.3. The van der Waals surface area contributed by atoms with E-state index in [4.69, 9.17) is 5.11 Å². The van der Waals surface area contributed by atoms with Gasteiger partial charge in [-0.15, -0.1) is 11.3 Å². The average Bonchev–Trinajstić information content (AvgIpc) is 2.85. The summed E-state index contributed by atoms with van der Waals surface area (Å²) in [7, 11) is -3.45. The van der Waals surface area contributed by atoms with Gasteiger partial charge in [0.2, 0.25) is 10.0 Å². The first-order valence-electron chi connectivity index (χ1n) is 6.96. The number of nitrogens with one attached hydrogen (secondary N) is 1. The zero-order chi connectivity index (χ0) is 16.1. The number of rotatable bonds is 9. The largest absolute Gasteiger partial charge is 0.481 e. The van der Waals surface area contributed by atoms with Crippen molar-refractivity contribution in [2.75, 3.05) is 6.54 Å². The van der Waals surface area contributed by atoms with Crippen molar-refractivity contribution in [1.29, 1.82) is 0 Å². The Bertz CT molecular complexity index is 576. The van der Waals surface area contributed by atoms with Crippen LogP contribution < -0.4 is 4.72 Å². The summed E-state index contributed by atoms with van der Waals surface area (Å²) in [5.74, 6) is -0.825. The Morgan fingerprint density at radius 3 is 2.52 bits per heavy atom. The van der Waals surface area contributed by atoms with Gasteiger partial charge in [-0.1, -0.05) is 20.8 Å². The summed E-state index contributed by atoms with van der Waals surface area (Å²) in [4.78, 5) is 11.6. The second-order valence-corrected chi connectivity index (χ2v) is 8.94. The first-order valence-corrected chi connectivity index (χ1v) is 9.26. The van der Waals surface area contributed by atoms with Crippen molar-refractivity contribution in [2.24, 2.45) is 5.41 Å². The summed E-state index contributed by atoms with van der Waals surface area (Å²) in [5, 5.41) is 8.70. The molecule has 0 fully saturated rings. The lowest BCUT2D eigenvalue weighted by atomic mass is 9.84. The van der Waals surface area contributed by atoms with Crippen LogP contribution >= 0.6 is 11.3 Å². The van der Waals surface area contributed by atoms with Gasteiger partial charge in [0.05, 0.1) is 0 Å². The average molecular weight is 333 g/mol. The first-order chi connectivity index (χ1) is 9.66. The van der Waals surface area contributed by atoms with Crippen LogP contribution in [0.1, 0.15) is 44.9 Å². The molecule has 0 aliphatic rings. The second kappa shape index (κ2) is 7.38. The molecular formula is C14H23NO4S2. The quantitative estimate of drug-likeness (QED) is 0.728. The molecular weight excluding hydrogens is 310 g/mol. The zero-order valence-electron chi connectivity index (χ0n) is 12.7. The van der Waals surface area contributed by atoms with Gasteiger partial charge >= 0.3 is 5.97 Å². The molecule has 0 aromatic carbocycles. The molecule has 0 unspecified atom stereocenters. The molecule has 1 aromatic heterocycles. The fourth-order valence-electron chi connectivity index (χ4n) is 1.86. The molecule has 21 heavy (non-hydrogen) atoms. The van der Waals surface area contributed by atoms with Crippen LogP contribution in [0.2, 0.25) is 0 Å². The van der Waals surface area contributed by atoms with Crippen LogP contribution in [-0.2, 0) is 21.2 Å². The van der Waals surface area contributed by atoms with Crippen LogP contribution in [0.3, 0.4) is 0 Å². The fourth-order valence-corrected chi connectivity index (χ4v) is 4.23. The van der Waals surface area contributed by atoms with Gasteiger partial charge in [-0.2, -0.15) is 0 Å². The molecule has 7 heteroatoms. The molecule has 5 nitrogen and oxygen atoms in total. The molecule has 0 aliphatic carbocycles. The van der Waals surface area contributed by atoms with Gasteiger partial charge in [-0.25, -0.2) is 13.1 Å². The number of carboxylic acids is 1. The van der Waals surface area contributed by atoms with E-state index < -0.39 is 16.0 Å². The molecule has 0 saturated carbocycles. The van der Waals surface area contributed by atoms with Crippen molar-refractivity contribution in [2.45, 2.75) is 50.7 Å². The third-order valence-corrected chi connectivity index (χ3v) is 6.54. The fraction of sp³-hybridized carbons (Fsp3) is 0.643. The van der Waals surface area contributed by atoms with Crippen molar-refractivity contribution >= 4 is 27.3 Å². The van der Waals surface area contributed by atoms with E-state index in [1.54, 1.807) is 6.07 Å². The van der Waals surface area contributed by atoms with Gasteiger partial charge in [-0.05, 0) is 36.8 Å². The van der Waals surface area contributed by atoms with Crippen molar-refractivity contribution < 1.29 is 18.3 Å². The molecule has 1 aromatic rings. The molecule has 0 aliphatic heterocycles. The molecule has 2 N–H and O–H groups in total. The van der Waals surface area contributed by atoms with Crippen molar-refractivity contribution in [1.82, 2.24) is 4.72 Å². The number of sulfonamides is 1. The van der Waals surface area contributed by atoms with E-state index >= 15 is 0 Å². The van der Waals surface area contributed by atoms with Gasteiger partial charge < -0.3 is 5.11 Å². The highest BCUT2D eigenvalue weighted by atomic mass is 32.2. The standard InChI is InChI=1S/C14H23NO4S2/c1-4-11-5-6-13(20-11)21(18,19)15-10-9-14(2,3)8-7-12(16)17/h5-6,15H,4,7-10H2,1-3H3,(H,16,17). The molecule has 0 saturated heterocycles. The Morgan fingerprint density at radius 2 is 2.00 bits per heavy atom. The molecule has 0 radical (unpaired) electrons. The number of carbonyl (C=O) groups is 1. The van der Waals surface area contributed by atoms with Gasteiger partial charge in [-0.3, -0.25) is 4.79 Å². The number of thiophene rings is 1. The van der Waals surface area contributed by atoms with E-state index in [9.17, 15) is 13.2 Å². The van der Waals surface area contributed by atoms with E-state index in [0.29, 0.717) is 23.6 Å². The predicted molar refractivity (Wildman–Crippen MR) is 84.2 cm³/mol. The van der Waals surface area contributed by atoms with Crippen LogP contribution in [0, 0.1) is 5.41 Å². The summed E-state index contributed by atoms with van der Waals surface area (Å²) in [6, 6.07) is 3.46. The van der Waals surface area contributed by atoms with Crippen molar-refractivity contribution in [3.8, 4) is 0 Å². The Hall–Kier alpha value is -0.920. The third kappa shape index (κ3) is 6.15. The van der Waals surface area contributed by atoms with Crippen LogP contribution in [0.15, 0.2) is 16.3 Å². The maximum absolute atomic E-state index is 12.1. The van der Waals surface area contributed by atoms with Crippen LogP contribution in [0.25, 0.3) is 0 Å². The van der Waals surface area contributed by atoms with Gasteiger partial charge in [0.15, 0.2) is 0 Å². The van der Waals surface area contributed by atoms with Gasteiger partial charge in [0.25, 0.3) is 0 Å². The normalized spacial score (nSPS) is 12.5. The highest BCUT2D eigenvalue weighted by Crippen LogP contribution is 2.27. The lowest BCUT2D eigenvalue weighted by molar-refractivity contribution is -0.137. The minimum absolute atomic E-state index is 0.102. The smallest absolute Gasteiger partial charge is 0.303 e. The van der Waals surface area contributed by atoms with Crippen molar-refractivity contribution in [3.63, 3.8) is 0 Å². The van der Waals surface area contributed by atoms with Crippen LogP contribution in [-0.4, -0.2) is 26.0 Å². The van der Waals surface area contributed by atoms with Crippen molar-refractivity contribution in [3.05, 3.63) is 17.0 Å². The number of hydrogen-bond acceptors (Lipinski definition) is 4. The SMILES string of the molecule is CCc1ccc(S(=O)(=O)NCCC(C)(C)CCC(=O)O)s1. The Morgan fingerprint density at radius 1 is 1.33 bits per heavy atom. The lowest BCUT2D eigenvalue weighted by Gasteiger charge is -2.23. The second-order valence-electron chi connectivity index (χ2n) is 5.78. The molecule has 0 bridgehead atoms. The van der Waals surface area contributed by atoms with E-state index in [0.717, 1.165) is 11.3 Å². The van der Waals surface area contributed by atoms with E-state index in [2.05, 4.69) is 4.72 Å². The molecule has 0 spiro atoms. The highest BCUT2D eigenvalue weighted by Gasteiger charge is 2.21. The number of aliphatic carboxylic acids is 1. The summed E-state index contributed by atoms with van der Waals surface area (Å²) < 4.78 is 27.2. The van der Waals surface area contributed by atoms with Gasteiger partial charge in [0.1, 0.15) is 4.21 Å². The van der Waals surface area contributed by atoms with E-state index in [-0.39, 0.29) is 11.8 Å². The highest BCUT2D eigenvalue weighted by molar-refractivity contribution is 7.91. The summed E-state index contributed by atoms with van der Waals surface area (Å²) in [5.41, 5.74) is -0.203. The van der Waals surface area contributed by atoms with Crippen LogP contribution in [0.4, 0.5) is 0 Å². The summed E-state index contributed by atoms with van der Waals surface area (Å²) >= 11 is 1.28. The Balaban J connectivity index is 2.52. The lowest BCUT2D eigenvalue weighted by Crippen LogP contribution is -2.28. The number of hydrogen-bond donors (Lipinski definition) is 2. The minimum Gasteiger partial charge on any atom is -0.481 e. The molecule has 1 heterocycles. The minimum atomic E-state index is -3.45. The summed E-state index contributed by atoms with van der Waals surface area (Å²) in [6.45, 7) is 6.20. The number of carboxylic acid groups (broad SMARTS) is 1. The van der Waals surface area contributed by atoms with Crippen LogP contribution in [0.5, 0.6) is 0 Å². The van der Waals surface area contributed by atoms with Gasteiger partial charge in [0, 0.05) is 17.8 Å². The Kier molecular flexibility index (Phi) is 6.37. The van der Waals surface area contributed by atoms with E-state index in [1.807, 2.05) is 26.8 Å². The first kappa shape index (κ1) is 18.1.